The van der Waals surface area contributed by atoms with Gasteiger partial charge in [0, 0.05) is 60.7 Å². The minimum atomic E-state index is -0.156. The average molecular weight is 556 g/mol. The number of benzene rings is 2. The molecule has 2 heterocycles. The third kappa shape index (κ3) is 7.27. The van der Waals surface area contributed by atoms with Crippen molar-refractivity contribution in [1.29, 1.82) is 5.41 Å². The SMILES string of the molecule is CCC(CC)NC(=O)COc1cccc(-c2nc3c(c(Nc4ccc(/C(C=N)=C/N)cc4)n2)CN(C(C)=O)CC3)c1. The Morgan fingerprint density at radius 3 is 2.56 bits per heavy atom. The lowest BCUT2D eigenvalue weighted by molar-refractivity contribution is -0.129. The predicted octanol–water partition coefficient (Wildman–Crippen LogP) is 4.42. The summed E-state index contributed by atoms with van der Waals surface area (Å²) in [7, 11) is 0. The minimum absolute atomic E-state index is 0.000792. The van der Waals surface area contributed by atoms with Gasteiger partial charge in [-0.15, -0.1) is 0 Å². The zero-order valence-electron chi connectivity index (χ0n) is 23.7. The fraction of sp³-hybridized carbons (Fsp3) is 0.323. The van der Waals surface area contributed by atoms with Crippen LogP contribution in [0.1, 0.15) is 50.4 Å². The van der Waals surface area contributed by atoms with Gasteiger partial charge in [0.25, 0.3) is 5.91 Å². The summed E-state index contributed by atoms with van der Waals surface area (Å²) in [6.07, 6.45) is 4.95. The highest BCUT2D eigenvalue weighted by molar-refractivity contribution is 6.08. The molecule has 10 nitrogen and oxygen atoms in total. The number of allylic oxidation sites excluding steroid dienone is 1. The molecule has 214 valence electrons. The maximum Gasteiger partial charge on any atom is 0.258 e. The topological polar surface area (TPSA) is 146 Å². The molecule has 1 aromatic heterocycles. The number of rotatable bonds is 11. The number of carbonyl (C=O) groups excluding carboxylic acids is 2. The van der Waals surface area contributed by atoms with E-state index in [4.69, 9.17) is 25.8 Å². The van der Waals surface area contributed by atoms with Crippen molar-refractivity contribution < 1.29 is 14.3 Å². The van der Waals surface area contributed by atoms with Crippen LogP contribution in [0.4, 0.5) is 11.5 Å². The Labute approximate surface area is 240 Å². The van der Waals surface area contributed by atoms with E-state index in [1.54, 1.807) is 17.9 Å². The molecule has 1 aliphatic rings. The van der Waals surface area contributed by atoms with Gasteiger partial charge in [0.2, 0.25) is 5.91 Å². The van der Waals surface area contributed by atoms with E-state index in [0.29, 0.717) is 42.5 Å². The van der Waals surface area contributed by atoms with Gasteiger partial charge >= 0.3 is 0 Å². The molecular formula is C31H37N7O3. The molecule has 4 rings (SSSR count). The summed E-state index contributed by atoms with van der Waals surface area (Å²) in [4.78, 5) is 36.0. The van der Waals surface area contributed by atoms with E-state index >= 15 is 0 Å². The highest BCUT2D eigenvalue weighted by atomic mass is 16.5. The number of hydrogen-bond donors (Lipinski definition) is 4. The number of nitrogens with one attached hydrogen (secondary N) is 3. The first-order chi connectivity index (χ1) is 19.8. The number of nitrogens with two attached hydrogens (primary N) is 1. The number of nitrogens with zero attached hydrogens (tertiary/aromatic N) is 3. The van der Waals surface area contributed by atoms with E-state index in [1.807, 2.05) is 56.3 Å². The minimum Gasteiger partial charge on any atom is -0.484 e. The first-order valence-corrected chi connectivity index (χ1v) is 13.8. The van der Waals surface area contributed by atoms with Crippen molar-refractivity contribution in [2.45, 2.75) is 52.6 Å². The fourth-order valence-corrected chi connectivity index (χ4v) is 4.66. The molecular weight excluding hydrogens is 518 g/mol. The molecule has 0 spiro atoms. The second kappa shape index (κ2) is 13.6. The van der Waals surface area contributed by atoms with E-state index in [9.17, 15) is 9.59 Å². The molecule has 0 unspecified atom stereocenters. The first-order valence-electron chi connectivity index (χ1n) is 13.8. The van der Waals surface area contributed by atoms with Gasteiger partial charge in [0.1, 0.15) is 11.6 Å². The zero-order valence-corrected chi connectivity index (χ0v) is 23.7. The van der Waals surface area contributed by atoms with Gasteiger partial charge < -0.3 is 31.4 Å². The summed E-state index contributed by atoms with van der Waals surface area (Å²) in [5.74, 6) is 1.52. The van der Waals surface area contributed by atoms with Crippen LogP contribution in [-0.2, 0) is 22.6 Å². The molecule has 3 aromatic rings. The molecule has 2 aromatic carbocycles. The first kappa shape index (κ1) is 29.3. The van der Waals surface area contributed by atoms with E-state index in [1.165, 1.54) is 12.4 Å². The Kier molecular flexibility index (Phi) is 9.68. The van der Waals surface area contributed by atoms with Crippen LogP contribution in [-0.4, -0.2) is 52.1 Å². The third-order valence-corrected chi connectivity index (χ3v) is 7.13. The van der Waals surface area contributed by atoms with Gasteiger partial charge in [-0.2, -0.15) is 0 Å². The summed E-state index contributed by atoms with van der Waals surface area (Å²) < 4.78 is 5.79. The van der Waals surface area contributed by atoms with Gasteiger partial charge in [-0.3, -0.25) is 9.59 Å². The lowest BCUT2D eigenvalue weighted by Crippen LogP contribution is -2.37. The van der Waals surface area contributed by atoms with Crippen molar-refractivity contribution in [3.8, 4) is 17.1 Å². The van der Waals surface area contributed by atoms with E-state index in [2.05, 4.69) is 10.6 Å². The normalized spacial score (nSPS) is 13.0. The molecule has 10 heteroatoms. The average Bonchev–Trinajstić information content (AvgIpc) is 3.00. The largest absolute Gasteiger partial charge is 0.484 e. The lowest BCUT2D eigenvalue weighted by Gasteiger charge is -2.29. The monoisotopic (exact) mass is 555 g/mol. The molecule has 5 N–H and O–H groups in total. The van der Waals surface area contributed by atoms with E-state index in [-0.39, 0.29) is 24.5 Å². The summed E-state index contributed by atoms with van der Waals surface area (Å²) >= 11 is 0. The molecule has 0 atom stereocenters. The van der Waals surface area contributed by atoms with Crippen LogP contribution in [0.3, 0.4) is 0 Å². The number of carbonyl (C=O) groups is 2. The third-order valence-electron chi connectivity index (χ3n) is 7.13. The maximum absolute atomic E-state index is 12.3. The zero-order chi connectivity index (χ0) is 29.4. The Hall–Kier alpha value is -4.73. The maximum atomic E-state index is 12.3. The molecule has 0 saturated heterocycles. The number of hydrogen-bond acceptors (Lipinski definition) is 8. The van der Waals surface area contributed by atoms with E-state index < -0.39 is 0 Å². The molecule has 0 aliphatic carbocycles. The highest BCUT2D eigenvalue weighted by Crippen LogP contribution is 2.31. The molecule has 0 saturated carbocycles. The van der Waals surface area contributed by atoms with Crippen LogP contribution in [0.25, 0.3) is 17.0 Å². The number of aromatic nitrogens is 2. The second-order valence-electron chi connectivity index (χ2n) is 9.88. The quantitative estimate of drug-likeness (QED) is 0.256. The number of fused-ring (bicyclic) bond motifs is 1. The Morgan fingerprint density at radius 1 is 1.15 bits per heavy atom. The van der Waals surface area contributed by atoms with Crippen molar-refractivity contribution in [1.82, 2.24) is 20.2 Å². The van der Waals surface area contributed by atoms with Gasteiger partial charge in [-0.25, -0.2) is 9.97 Å². The van der Waals surface area contributed by atoms with Crippen LogP contribution in [0.15, 0.2) is 54.7 Å². The Morgan fingerprint density at radius 2 is 1.90 bits per heavy atom. The molecule has 0 radical (unpaired) electrons. The van der Waals surface area contributed by atoms with Crippen LogP contribution < -0.4 is 21.1 Å². The van der Waals surface area contributed by atoms with Crippen LogP contribution >= 0.6 is 0 Å². The molecule has 0 fully saturated rings. The van der Waals surface area contributed by atoms with Gasteiger partial charge in [-0.1, -0.05) is 38.1 Å². The standard InChI is InChI=1S/C31H37N7O3/c1-4-24(5-2)34-29(40)19-41-26-8-6-7-22(15-26)30-36-28-13-14-38(20(3)39)18-27(28)31(37-30)35-25-11-9-21(10-12-25)23(16-32)17-33/h6-12,15-17,24,32H,4-5,13-14,18-19,33H2,1-3H3,(H,34,40)(H,35,36,37)/b23-17+,32-16?. The Balaban J connectivity index is 1.62. The summed E-state index contributed by atoms with van der Waals surface area (Å²) in [5, 5.41) is 13.9. The van der Waals surface area contributed by atoms with Crippen LogP contribution in [0.5, 0.6) is 5.75 Å². The molecule has 41 heavy (non-hydrogen) atoms. The van der Waals surface area contributed by atoms with E-state index in [0.717, 1.165) is 40.9 Å². The number of ether oxygens (including phenoxy) is 1. The van der Waals surface area contributed by atoms with Crippen LogP contribution in [0.2, 0.25) is 0 Å². The molecule has 2 amide bonds. The van der Waals surface area contributed by atoms with Gasteiger partial charge in [0.15, 0.2) is 12.4 Å². The molecule has 1 aliphatic heterocycles. The van der Waals surface area contributed by atoms with Crippen molar-refractivity contribution in [3.63, 3.8) is 0 Å². The fourth-order valence-electron chi connectivity index (χ4n) is 4.66. The predicted molar refractivity (Wildman–Crippen MR) is 161 cm³/mol. The van der Waals surface area contributed by atoms with Gasteiger partial charge in [-0.05, 0) is 42.7 Å². The Bertz CT molecular complexity index is 1430. The van der Waals surface area contributed by atoms with Crippen molar-refractivity contribution in [2.24, 2.45) is 5.73 Å². The molecule has 0 bridgehead atoms. The summed E-state index contributed by atoms with van der Waals surface area (Å²) in [5.41, 5.74) is 10.4. The highest BCUT2D eigenvalue weighted by Gasteiger charge is 2.24. The summed E-state index contributed by atoms with van der Waals surface area (Å²) in [6.45, 7) is 6.57. The summed E-state index contributed by atoms with van der Waals surface area (Å²) in [6, 6.07) is 15.1. The smallest absolute Gasteiger partial charge is 0.258 e. The lowest BCUT2D eigenvalue weighted by atomic mass is 10.0. The van der Waals surface area contributed by atoms with Crippen molar-refractivity contribution in [2.75, 3.05) is 18.5 Å². The van der Waals surface area contributed by atoms with Gasteiger partial charge in [0.05, 0.1) is 12.2 Å². The van der Waals surface area contributed by atoms with Crippen LogP contribution in [0, 0.1) is 5.41 Å². The second-order valence-corrected chi connectivity index (χ2v) is 9.88. The van der Waals surface area contributed by atoms with Crippen molar-refractivity contribution in [3.05, 3.63) is 71.6 Å². The van der Waals surface area contributed by atoms with Crippen molar-refractivity contribution >= 4 is 35.1 Å². The number of anilines is 2. The number of amides is 2.